The molecule has 0 spiro atoms. The van der Waals surface area contributed by atoms with E-state index in [1.807, 2.05) is 55.1 Å². The Labute approximate surface area is 142 Å². The third-order valence-corrected chi connectivity index (χ3v) is 4.25. The van der Waals surface area contributed by atoms with Gasteiger partial charge in [-0.2, -0.15) is 10.2 Å². The van der Waals surface area contributed by atoms with Gasteiger partial charge in [-0.3, -0.25) is 4.68 Å². The zero-order valence-corrected chi connectivity index (χ0v) is 13.7. The fraction of sp³-hybridized carbons (Fsp3) is 0.118. The number of fused-ring (bicyclic) bond motifs is 3. The van der Waals surface area contributed by atoms with Crippen LogP contribution in [0.1, 0.15) is 5.69 Å². The average Bonchev–Trinajstić information content (AvgIpc) is 3.32. The Balaban J connectivity index is 1.72. The summed E-state index contributed by atoms with van der Waals surface area (Å²) >= 11 is 0. The third kappa shape index (κ3) is 2.04. The van der Waals surface area contributed by atoms with Crippen LogP contribution in [0.5, 0.6) is 0 Å². The van der Waals surface area contributed by atoms with Crippen molar-refractivity contribution in [2.24, 2.45) is 7.05 Å². The first kappa shape index (κ1) is 13.8. The van der Waals surface area contributed by atoms with Crippen molar-refractivity contribution in [3.8, 4) is 17.2 Å². The molecule has 0 saturated carbocycles. The van der Waals surface area contributed by atoms with Crippen LogP contribution in [0.4, 0.5) is 0 Å². The lowest BCUT2D eigenvalue weighted by molar-refractivity contribution is 0.741. The predicted octanol–water partition coefficient (Wildman–Crippen LogP) is 2.17. The first-order chi connectivity index (χ1) is 12.2. The smallest absolute Gasteiger partial charge is 0.202 e. The highest BCUT2D eigenvalue weighted by atomic mass is 15.4. The molecule has 5 aromatic rings. The van der Waals surface area contributed by atoms with Crippen LogP contribution in [0.15, 0.2) is 48.9 Å². The monoisotopic (exact) mass is 330 g/mol. The summed E-state index contributed by atoms with van der Waals surface area (Å²) in [6.07, 6.45) is 3.43. The maximum absolute atomic E-state index is 4.66. The van der Waals surface area contributed by atoms with Crippen molar-refractivity contribution in [2.75, 3.05) is 0 Å². The van der Waals surface area contributed by atoms with Gasteiger partial charge in [-0.25, -0.2) is 19.2 Å². The zero-order chi connectivity index (χ0) is 17.0. The van der Waals surface area contributed by atoms with E-state index >= 15 is 0 Å². The van der Waals surface area contributed by atoms with E-state index in [1.165, 1.54) is 0 Å². The van der Waals surface area contributed by atoms with E-state index in [1.54, 1.807) is 21.7 Å². The maximum atomic E-state index is 4.66. The van der Waals surface area contributed by atoms with Crippen LogP contribution >= 0.6 is 0 Å². The van der Waals surface area contributed by atoms with Crippen LogP contribution in [0, 0.1) is 6.92 Å². The SMILES string of the molecule is Cc1cc(-c2nc3c4cnn(-c5ccccc5)c4ncn3n2)nn1C. The van der Waals surface area contributed by atoms with Gasteiger partial charge in [-0.1, -0.05) is 18.2 Å². The van der Waals surface area contributed by atoms with Crippen LogP contribution < -0.4 is 0 Å². The minimum Gasteiger partial charge on any atom is -0.272 e. The van der Waals surface area contributed by atoms with Gasteiger partial charge in [0, 0.05) is 12.7 Å². The molecule has 1 aromatic carbocycles. The van der Waals surface area contributed by atoms with Crippen LogP contribution in [-0.4, -0.2) is 39.1 Å². The van der Waals surface area contributed by atoms with Crippen molar-refractivity contribution in [3.63, 3.8) is 0 Å². The highest BCUT2D eigenvalue weighted by molar-refractivity contribution is 5.89. The molecule has 0 N–H and O–H groups in total. The lowest BCUT2D eigenvalue weighted by atomic mass is 10.3. The fourth-order valence-corrected chi connectivity index (χ4v) is 2.86. The molecule has 0 saturated heterocycles. The minimum atomic E-state index is 0.575. The number of para-hydroxylation sites is 1. The van der Waals surface area contributed by atoms with Gasteiger partial charge in [0.2, 0.25) is 5.82 Å². The molecule has 0 fully saturated rings. The van der Waals surface area contributed by atoms with Crippen molar-refractivity contribution in [1.82, 2.24) is 39.1 Å². The molecule has 0 aliphatic heterocycles. The summed E-state index contributed by atoms with van der Waals surface area (Å²) in [4.78, 5) is 9.17. The second-order valence-electron chi connectivity index (χ2n) is 5.87. The van der Waals surface area contributed by atoms with Gasteiger partial charge in [0.05, 0.1) is 17.3 Å². The van der Waals surface area contributed by atoms with Crippen LogP contribution in [-0.2, 0) is 7.05 Å². The maximum Gasteiger partial charge on any atom is 0.202 e. The largest absolute Gasteiger partial charge is 0.272 e. The highest BCUT2D eigenvalue weighted by Gasteiger charge is 2.16. The number of benzene rings is 1. The molecule has 0 aliphatic carbocycles. The quantitative estimate of drug-likeness (QED) is 0.496. The third-order valence-electron chi connectivity index (χ3n) is 4.25. The summed E-state index contributed by atoms with van der Waals surface area (Å²) in [6.45, 7) is 2.00. The van der Waals surface area contributed by atoms with E-state index < -0.39 is 0 Å². The van der Waals surface area contributed by atoms with Gasteiger partial charge in [-0.15, -0.1) is 5.10 Å². The second kappa shape index (κ2) is 4.97. The Bertz CT molecular complexity index is 1190. The van der Waals surface area contributed by atoms with E-state index in [0.29, 0.717) is 11.5 Å². The number of hydrogen-bond donors (Lipinski definition) is 0. The average molecular weight is 330 g/mol. The Morgan fingerprint density at radius 3 is 2.60 bits per heavy atom. The number of nitrogens with zero attached hydrogens (tertiary/aromatic N) is 8. The van der Waals surface area contributed by atoms with Crippen molar-refractivity contribution < 1.29 is 0 Å². The van der Waals surface area contributed by atoms with Crippen molar-refractivity contribution in [2.45, 2.75) is 6.92 Å². The van der Waals surface area contributed by atoms with Gasteiger partial charge in [0.15, 0.2) is 11.3 Å². The molecule has 0 aliphatic rings. The normalized spacial score (nSPS) is 11.6. The van der Waals surface area contributed by atoms with E-state index in [0.717, 1.165) is 28.1 Å². The Kier molecular flexibility index (Phi) is 2.75. The molecular formula is C17H14N8. The number of aryl methyl sites for hydroxylation is 2. The van der Waals surface area contributed by atoms with Gasteiger partial charge >= 0.3 is 0 Å². The topological polar surface area (TPSA) is 78.7 Å². The molecule has 8 heteroatoms. The summed E-state index contributed by atoms with van der Waals surface area (Å²) in [7, 11) is 1.90. The van der Waals surface area contributed by atoms with Crippen molar-refractivity contribution in [3.05, 3.63) is 54.6 Å². The van der Waals surface area contributed by atoms with E-state index in [-0.39, 0.29) is 0 Å². The second-order valence-corrected chi connectivity index (χ2v) is 5.87. The number of hydrogen-bond acceptors (Lipinski definition) is 5. The fourth-order valence-electron chi connectivity index (χ4n) is 2.86. The summed E-state index contributed by atoms with van der Waals surface area (Å²) in [6, 6.07) is 11.9. The number of aromatic nitrogens is 8. The number of rotatable bonds is 2. The molecule has 0 bridgehead atoms. The first-order valence-corrected chi connectivity index (χ1v) is 7.86. The van der Waals surface area contributed by atoms with Gasteiger partial charge < -0.3 is 0 Å². The van der Waals surface area contributed by atoms with Crippen molar-refractivity contribution >= 4 is 16.7 Å². The standard InChI is InChI=1S/C17H14N8/c1-11-8-14(21-23(11)2)15-20-17-13-9-19-25(12-6-4-3-5-7-12)16(13)18-10-24(17)22-15/h3-10H,1-2H3. The predicted molar refractivity (Wildman–Crippen MR) is 92.3 cm³/mol. The lowest BCUT2D eigenvalue weighted by Crippen LogP contribution is -1.98. The molecule has 5 rings (SSSR count). The van der Waals surface area contributed by atoms with Crippen LogP contribution in [0.2, 0.25) is 0 Å². The van der Waals surface area contributed by atoms with Crippen molar-refractivity contribution in [1.29, 1.82) is 0 Å². The highest BCUT2D eigenvalue weighted by Crippen LogP contribution is 2.22. The van der Waals surface area contributed by atoms with Gasteiger partial charge in [0.1, 0.15) is 12.0 Å². The first-order valence-electron chi connectivity index (χ1n) is 7.86. The van der Waals surface area contributed by atoms with Crippen LogP contribution in [0.3, 0.4) is 0 Å². The molecular weight excluding hydrogens is 316 g/mol. The molecule has 0 atom stereocenters. The summed E-state index contributed by atoms with van der Waals surface area (Å²) in [5.74, 6) is 0.575. The molecule has 8 nitrogen and oxygen atoms in total. The van der Waals surface area contributed by atoms with Crippen LogP contribution in [0.25, 0.3) is 33.9 Å². The molecule has 122 valence electrons. The Hall–Kier alpha value is -3.55. The van der Waals surface area contributed by atoms with E-state index in [9.17, 15) is 0 Å². The minimum absolute atomic E-state index is 0.575. The molecule has 4 heterocycles. The van der Waals surface area contributed by atoms with Gasteiger partial charge in [-0.05, 0) is 25.1 Å². The molecule has 0 radical (unpaired) electrons. The Morgan fingerprint density at radius 1 is 1.00 bits per heavy atom. The van der Waals surface area contributed by atoms with E-state index in [2.05, 4.69) is 25.3 Å². The van der Waals surface area contributed by atoms with E-state index in [4.69, 9.17) is 0 Å². The lowest BCUT2D eigenvalue weighted by Gasteiger charge is -2.01. The van der Waals surface area contributed by atoms with Gasteiger partial charge in [0.25, 0.3) is 0 Å². The molecule has 0 unspecified atom stereocenters. The zero-order valence-electron chi connectivity index (χ0n) is 13.7. The summed E-state index contributed by atoms with van der Waals surface area (Å²) in [5, 5.41) is 14.3. The molecule has 25 heavy (non-hydrogen) atoms. The molecule has 0 amide bonds. The Morgan fingerprint density at radius 2 is 1.84 bits per heavy atom. The molecule has 4 aromatic heterocycles. The summed E-state index contributed by atoms with van der Waals surface area (Å²) in [5.41, 5.74) is 4.20. The summed E-state index contributed by atoms with van der Waals surface area (Å²) < 4.78 is 5.27.